The Kier molecular flexibility index (Phi) is 3.60. The van der Waals surface area contributed by atoms with Crippen LogP contribution in [0.3, 0.4) is 0 Å². The molecule has 98 valence electrons. The maximum Gasteiger partial charge on any atom is 0.177 e. The fourth-order valence-corrected chi connectivity index (χ4v) is 2.53. The molecule has 1 aliphatic carbocycles. The maximum absolute atomic E-state index is 9.91. The zero-order valence-corrected chi connectivity index (χ0v) is 11.4. The van der Waals surface area contributed by atoms with Gasteiger partial charge in [0.1, 0.15) is 0 Å². The van der Waals surface area contributed by atoms with E-state index in [1.165, 1.54) is 11.1 Å². The summed E-state index contributed by atoms with van der Waals surface area (Å²) in [6.07, 6.45) is 1.18. The van der Waals surface area contributed by atoms with Gasteiger partial charge in [0.05, 0.1) is 6.10 Å². The lowest BCUT2D eigenvalue weighted by molar-refractivity contribution is -0.154. The van der Waals surface area contributed by atoms with E-state index in [-0.39, 0.29) is 11.5 Å². The molecule has 0 saturated heterocycles. The van der Waals surface area contributed by atoms with Crippen molar-refractivity contribution in [1.29, 1.82) is 0 Å². The number of fused-ring (bicyclic) bond motifs is 1. The summed E-state index contributed by atoms with van der Waals surface area (Å²) < 4.78 is 5.85. The minimum Gasteiger partial charge on any atom is -0.364 e. The molecule has 1 N–H and O–H groups in total. The highest BCUT2D eigenvalue weighted by atomic mass is 16.6. The quantitative estimate of drug-likeness (QED) is 0.652. The fourth-order valence-electron chi connectivity index (χ4n) is 2.53. The first kappa shape index (κ1) is 13.3. The second kappa shape index (κ2) is 4.87. The van der Waals surface area contributed by atoms with Crippen LogP contribution in [0.2, 0.25) is 0 Å². The molecule has 0 amide bonds. The van der Waals surface area contributed by atoms with Crippen molar-refractivity contribution in [2.75, 3.05) is 0 Å². The highest BCUT2D eigenvalue weighted by molar-refractivity contribution is 5.33. The van der Waals surface area contributed by atoms with Crippen LogP contribution in [0.5, 0.6) is 0 Å². The predicted octanol–water partition coefficient (Wildman–Crippen LogP) is 3.61. The molecule has 0 bridgehead atoms. The Hall–Kier alpha value is -1.12. The van der Waals surface area contributed by atoms with Gasteiger partial charge in [0.2, 0.25) is 0 Å². The number of aliphatic hydroxyl groups excluding tert-OH is 1. The summed E-state index contributed by atoms with van der Waals surface area (Å²) in [6.45, 7) is 9.92. The topological polar surface area (TPSA) is 29.5 Å². The molecule has 0 radical (unpaired) electrons. The first-order valence-electron chi connectivity index (χ1n) is 6.48. The van der Waals surface area contributed by atoms with E-state index in [4.69, 9.17) is 4.74 Å². The number of rotatable bonds is 3. The average Bonchev–Trinajstić information content (AvgIpc) is 2.32. The van der Waals surface area contributed by atoms with Crippen molar-refractivity contribution in [1.82, 2.24) is 0 Å². The third-order valence-electron chi connectivity index (χ3n) is 3.77. The first-order valence-corrected chi connectivity index (χ1v) is 6.48. The second-order valence-electron chi connectivity index (χ2n) is 5.90. The summed E-state index contributed by atoms with van der Waals surface area (Å²) >= 11 is 0. The molecule has 2 heteroatoms. The molecule has 0 spiro atoms. The Labute approximate surface area is 109 Å². The van der Waals surface area contributed by atoms with Gasteiger partial charge in [-0.15, -0.1) is 0 Å². The van der Waals surface area contributed by atoms with Crippen LogP contribution in [0, 0.1) is 5.41 Å². The summed E-state index contributed by atoms with van der Waals surface area (Å²) in [6, 6.07) is 8.34. The summed E-state index contributed by atoms with van der Waals surface area (Å²) in [5.74, 6) is 0. The number of hydrogen-bond acceptors (Lipinski definition) is 2. The standard InChI is InChI=1S/C16H22O2/c1-11(2)15(17)18-14-13-8-6-5-7-12(13)9-10-16(14,3)4/h5-8,14-15,17H,1,9-10H2,2-4H3. The van der Waals surface area contributed by atoms with Crippen LogP contribution in [-0.4, -0.2) is 11.4 Å². The van der Waals surface area contributed by atoms with Crippen LogP contribution in [0.15, 0.2) is 36.4 Å². The molecule has 0 fully saturated rings. The van der Waals surface area contributed by atoms with Crippen molar-refractivity contribution in [3.8, 4) is 0 Å². The van der Waals surface area contributed by atoms with Crippen molar-refractivity contribution in [3.63, 3.8) is 0 Å². The van der Waals surface area contributed by atoms with E-state index in [1.54, 1.807) is 6.92 Å². The number of benzene rings is 1. The molecule has 1 aromatic carbocycles. The Balaban J connectivity index is 2.33. The monoisotopic (exact) mass is 246 g/mol. The Morgan fingerprint density at radius 2 is 2.11 bits per heavy atom. The third kappa shape index (κ3) is 2.50. The number of aliphatic hydroxyl groups is 1. The van der Waals surface area contributed by atoms with Gasteiger partial charge in [-0.1, -0.05) is 44.7 Å². The van der Waals surface area contributed by atoms with Gasteiger partial charge >= 0.3 is 0 Å². The van der Waals surface area contributed by atoms with Crippen LogP contribution in [0.4, 0.5) is 0 Å². The molecule has 18 heavy (non-hydrogen) atoms. The normalized spacial score (nSPS) is 23.2. The molecule has 1 aromatic rings. The minimum absolute atomic E-state index is 0.0325. The summed E-state index contributed by atoms with van der Waals surface area (Å²) in [5.41, 5.74) is 3.21. The zero-order chi connectivity index (χ0) is 13.3. The highest BCUT2D eigenvalue weighted by Crippen LogP contribution is 2.46. The molecule has 0 aromatic heterocycles. The van der Waals surface area contributed by atoms with Gasteiger partial charge in [-0.25, -0.2) is 0 Å². The van der Waals surface area contributed by atoms with Crippen molar-refractivity contribution >= 4 is 0 Å². The predicted molar refractivity (Wildman–Crippen MR) is 73.2 cm³/mol. The van der Waals surface area contributed by atoms with Crippen molar-refractivity contribution < 1.29 is 9.84 Å². The molecule has 0 heterocycles. The lowest BCUT2D eigenvalue weighted by atomic mass is 9.72. The van der Waals surface area contributed by atoms with Crippen molar-refractivity contribution in [2.24, 2.45) is 5.41 Å². The highest BCUT2D eigenvalue weighted by Gasteiger charge is 2.37. The number of aryl methyl sites for hydroxylation is 1. The van der Waals surface area contributed by atoms with Gasteiger partial charge in [0, 0.05) is 0 Å². The van der Waals surface area contributed by atoms with Gasteiger partial charge in [0.15, 0.2) is 6.29 Å². The van der Waals surface area contributed by atoms with E-state index >= 15 is 0 Å². The summed E-state index contributed by atoms with van der Waals surface area (Å²) in [4.78, 5) is 0. The molecule has 2 unspecified atom stereocenters. The van der Waals surface area contributed by atoms with Crippen molar-refractivity contribution in [2.45, 2.75) is 46.0 Å². The van der Waals surface area contributed by atoms with Crippen LogP contribution >= 0.6 is 0 Å². The Morgan fingerprint density at radius 1 is 1.44 bits per heavy atom. The van der Waals surface area contributed by atoms with Gasteiger partial charge in [-0.2, -0.15) is 0 Å². The Bertz CT molecular complexity index is 448. The van der Waals surface area contributed by atoms with E-state index in [0.29, 0.717) is 5.57 Å². The zero-order valence-electron chi connectivity index (χ0n) is 11.4. The molecule has 1 aliphatic rings. The molecule has 2 atom stereocenters. The lowest BCUT2D eigenvalue weighted by Gasteiger charge is -2.40. The number of ether oxygens (including phenoxy) is 1. The summed E-state index contributed by atoms with van der Waals surface area (Å²) in [5, 5.41) is 9.91. The van der Waals surface area contributed by atoms with E-state index in [9.17, 15) is 5.11 Å². The molecule has 0 aliphatic heterocycles. The SMILES string of the molecule is C=C(C)C(O)OC1c2ccccc2CCC1(C)C. The molecule has 0 saturated carbocycles. The largest absolute Gasteiger partial charge is 0.364 e. The first-order chi connectivity index (χ1) is 8.42. The smallest absolute Gasteiger partial charge is 0.177 e. The van der Waals surface area contributed by atoms with Crippen LogP contribution in [0.1, 0.15) is 44.4 Å². The molecular weight excluding hydrogens is 224 g/mol. The van der Waals surface area contributed by atoms with E-state index in [0.717, 1.165) is 12.8 Å². The van der Waals surface area contributed by atoms with E-state index in [2.05, 4.69) is 38.6 Å². The van der Waals surface area contributed by atoms with Gasteiger partial charge < -0.3 is 9.84 Å². The van der Waals surface area contributed by atoms with Gasteiger partial charge in [0.25, 0.3) is 0 Å². The van der Waals surface area contributed by atoms with E-state index < -0.39 is 6.29 Å². The third-order valence-corrected chi connectivity index (χ3v) is 3.77. The number of hydrogen-bond donors (Lipinski definition) is 1. The Morgan fingerprint density at radius 3 is 2.78 bits per heavy atom. The van der Waals surface area contributed by atoms with Crippen molar-refractivity contribution in [3.05, 3.63) is 47.5 Å². The minimum atomic E-state index is -0.888. The van der Waals surface area contributed by atoms with E-state index in [1.807, 2.05) is 6.07 Å². The van der Waals surface area contributed by atoms with Crippen LogP contribution in [-0.2, 0) is 11.2 Å². The second-order valence-corrected chi connectivity index (χ2v) is 5.90. The molecule has 2 nitrogen and oxygen atoms in total. The molecular formula is C16H22O2. The van der Waals surface area contributed by atoms with Gasteiger partial charge in [-0.05, 0) is 41.9 Å². The molecule has 2 rings (SSSR count). The van der Waals surface area contributed by atoms with Crippen LogP contribution in [0.25, 0.3) is 0 Å². The fraction of sp³-hybridized carbons (Fsp3) is 0.500. The lowest BCUT2D eigenvalue weighted by Crippen LogP contribution is -2.33. The van der Waals surface area contributed by atoms with Gasteiger partial charge in [-0.3, -0.25) is 0 Å². The van der Waals surface area contributed by atoms with Crippen LogP contribution < -0.4 is 0 Å². The maximum atomic E-state index is 9.91. The summed E-state index contributed by atoms with van der Waals surface area (Å²) in [7, 11) is 0. The average molecular weight is 246 g/mol.